The van der Waals surface area contributed by atoms with E-state index in [0.717, 1.165) is 20.8 Å². The number of nitrogens with zero attached hydrogens (tertiary/aromatic N) is 4. The predicted octanol–water partition coefficient (Wildman–Crippen LogP) is 3.18. The number of ether oxygens (including phenoxy) is 1. The number of halogens is 2. The number of hydrogen-bond donors (Lipinski definition) is 1. The molecule has 2 aromatic heterocycles. The van der Waals surface area contributed by atoms with Crippen LogP contribution in [0.5, 0.6) is 0 Å². The number of aromatic nitrogens is 3. The molecule has 0 aliphatic carbocycles. The van der Waals surface area contributed by atoms with Gasteiger partial charge in [-0.25, -0.2) is 23.6 Å². The van der Waals surface area contributed by atoms with E-state index in [0.29, 0.717) is 11.3 Å². The summed E-state index contributed by atoms with van der Waals surface area (Å²) < 4.78 is 20.6. The van der Waals surface area contributed by atoms with E-state index >= 15 is 0 Å². The molecule has 2 N–H and O–H groups in total. The summed E-state index contributed by atoms with van der Waals surface area (Å²) in [7, 11) is 0. The number of anilines is 2. The molecule has 3 heterocycles. The Labute approximate surface area is 181 Å². The van der Waals surface area contributed by atoms with Crippen LogP contribution in [-0.2, 0) is 24.4 Å². The van der Waals surface area contributed by atoms with Gasteiger partial charge in [0.25, 0.3) is 0 Å². The van der Waals surface area contributed by atoms with Crippen molar-refractivity contribution in [3.05, 3.63) is 75.6 Å². The van der Waals surface area contributed by atoms with Gasteiger partial charge in [-0.2, -0.15) is 5.10 Å². The molecule has 1 aliphatic heterocycles. The fourth-order valence-electron chi connectivity index (χ4n) is 3.03. The minimum Gasteiger partial charge on any atom is -0.444 e. The van der Waals surface area contributed by atoms with Crippen molar-refractivity contribution in [2.75, 3.05) is 11.4 Å². The summed E-state index contributed by atoms with van der Waals surface area (Å²) in [4.78, 5) is 27.2. The molecule has 0 atom stereocenters. The Kier molecular flexibility index (Phi) is 6.70. The Morgan fingerprint density at radius 1 is 1.27 bits per heavy atom. The second-order valence-electron chi connectivity index (χ2n) is 6.43. The molecule has 158 valence electrons. The summed E-state index contributed by atoms with van der Waals surface area (Å²) in [6.07, 6.45) is 1.36. The Balaban J connectivity index is 0.00000256. The van der Waals surface area contributed by atoms with Crippen molar-refractivity contribution in [3.8, 4) is 0 Å². The normalized spacial score (nSPS) is 13.6. The molecular weight excluding hydrogens is 433 g/mol. The maximum atomic E-state index is 12.7. The van der Waals surface area contributed by atoms with Crippen molar-refractivity contribution in [3.63, 3.8) is 0 Å². The largest absolute Gasteiger partial charge is 0.444 e. The van der Waals surface area contributed by atoms with Crippen molar-refractivity contribution in [1.29, 1.82) is 0 Å². The SMILES string of the molecule is Cl.NC/C(=C\F)Cn1ncn(Cc2ccc(N3C(=O)OCc4ccccc43)s2)c1=O. The molecule has 0 saturated heterocycles. The Morgan fingerprint density at radius 3 is 2.83 bits per heavy atom. The zero-order chi connectivity index (χ0) is 20.4. The van der Waals surface area contributed by atoms with E-state index in [9.17, 15) is 14.0 Å². The first kappa shape index (κ1) is 21.8. The molecule has 0 unspecified atom stereocenters. The van der Waals surface area contributed by atoms with Gasteiger partial charge in [0.2, 0.25) is 0 Å². The first-order chi connectivity index (χ1) is 14.1. The van der Waals surface area contributed by atoms with Crippen LogP contribution in [-0.4, -0.2) is 27.0 Å². The molecule has 0 fully saturated rings. The van der Waals surface area contributed by atoms with Crippen molar-refractivity contribution >= 4 is 40.5 Å². The first-order valence-corrected chi connectivity index (χ1v) is 9.66. The van der Waals surface area contributed by atoms with Crippen LogP contribution in [0.1, 0.15) is 10.4 Å². The van der Waals surface area contributed by atoms with Crippen LogP contribution in [0.4, 0.5) is 19.9 Å². The molecule has 0 spiro atoms. The molecule has 8 nitrogen and oxygen atoms in total. The molecule has 30 heavy (non-hydrogen) atoms. The molecule has 4 rings (SSSR count). The van der Waals surface area contributed by atoms with E-state index in [1.807, 2.05) is 36.4 Å². The van der Waals surface area contributed by atoms with E-state index in [-0.39, 0.29) is 49.9 Å². The van der Waals surface area contributed by atoms with E-state index in [2.05, 4.69) is 5.10 Å². The zero-order valence-electron chi connectivity index (χ0n) is 15.7. The summed E-state index contributed by atoms with van der Waals surface area (Å²) in [5, 5.41) is 4.71. The van der Waals surface area contributed by atoms with Crippen LogP contribution < -0.4 is 16.3 Å². The summed E-state index contributed by atoms with van der Waals surface area (Å²) in [6, 6.07) is 11.2. The lowest BCUT2D eigenvalue weighted by molar-refractivity contribution is 0.145. The van der Waals surface area contributed by atoms with Gasteiger partial charge in [0.1, 0.15) is 17.9 Å². The highest BCUT2D eigenvalue weighted by Crippen LogP contribution is 2.37. The smallest absolute Gasteiger partial charge is 0.419 e. The highest BCUT2D eigenvalue weighted by atomic mass is 35.5. The number of nitrogens with two attached hydrogens (primary N) is 1. The second kappa shape index (κ2) is 9.24. The van der Waals surface area contributed by atoms with Crippen LogP contribution in [0, 0.1) is 0 Å². The van der Waals surface area contributed by atoms with E-state index < -0.39 is 6.09 Å². The van der Waals surface area contributed by atoms with E-state index in [1.165, 1.54) is 27.1 Å². The van der Waals surface area contributed by atoms with Gasteiger partial charge in [-0.05, 0) is 23.8 Å². The summed E-state index contributed by atoms with van der Waals surface area (Å²) in [6.45, 7) is 0.546. The van der Waals surface area contributed by atoms with Gasteiger partial charge in [-0.15, -0.1) is 23.7 Å². The number of fused-ring (bicyclic) bond motifs is 1. The van der Waals surface area contributed by atoms with Gasteiger partial charge in [0, 0.05) is 17.0 Å². The number of cyclic esters (lactones) is 1. The predicted molar refractivity (Wildman–Crippen MR) is 114 cm³/mol. The molecular formula is C19H19ClFN5O3S. The molecule has 0 radical (unpaired) electrons. The summed E-state index contributed by atoms with van der Waals surface area (Å²) >= 11 is 1.38. The minimum absolute atomic E-state index is 0. The van der Waals surface area contributed by atoms with Crippen LogP contribution in [0.25, 0.3) is 0 Å². The average molecular weight is 452 g/mol. The Bertz CT molecular complexity index is 1140. The first-order valence-electron chi connectivity index (χ1n) is 8.84. The zero-order valence-corrected chi connectivity index (χ0v) is 17.4. The standard InChI is InChI=1S/C19H18FN5O3S.ClH/c20-7-13(8-21)9-24-18(26)23(12-22-24)10-15-5-6-17(29-15)25-16-4-2-1-3-14(16)11-28-19(25)27;/h1-7,12H,8-11,21H2;1H/b13-7+;. The molecule has 3 aromatic rings. The minimum atomic E-state index is -0.436. The van der Waals surface area contributed by atoms with Crippen molar-refractivity contribution in [2.45, 2.75) is 19.7 Å². The number of hydrogen-bond acceptors (Lipinski definition) is 6. The lowest BCUT2D eigenvalue weighted by atomic mass is 10.1. The third-order valence-corrected chi connectivity index (χ3v) is 5.58. The number of carbonyl (C=O) groups is 1. The lowest BCUT2D eigenvalue weighted by Crippen LogP contribution is -2.30. The monoisotopic (exact) mass is 451 g/mol. The third kappa shape index (κ3) is 4.16. The molecule has 1 aromatic carbocycles. The van der Waals surface area contributed by atoms with Gasteiger partial charge in [0.05, 0.1) is 25.1 Å². The number of para-hydroxylation sites is 1. The fraction of sp³-hybridized carbons (Fsp3) is 0.211. The van der Waals surface area contributed by atoms with Gasteiger partial charge in [-0.3, -0.25) is 4.57 Å². The van der Waals surface area contributed by atoms with Gasteiger partial charge in [0.15, 0.2) is 0 Å². The Hall–Kier alpha value is -2.95. The maximum Gasteiger partial charge on any atom is 0.419 e. The van der Waals surface area contributed by atoms with Gasteiger partial charge in [-0.1, -0.05) is 18.2 Å². The van der Waals surface area contributed by atoms with E-state index in [1.54, 1.807) is 0 Å². The highest BCUT2D eigenvalue weighted by molar-refractivity contribution is 7.16. The average Bonchev–Trinajstić information content (AvgIpc) is 3.33. The number of benzene rings is 1. The van der Waals surface area contributed by atoms with Crippen LogP contribution in [0.2, 0.25) is 0 Å². The van der Waals surface area contributed by atoms with E-state index in [4.69, 9.17) is 10.5 Å². The molecule has 11 heteroatoms. The van der Waals surface area contributed by atoms with Crippen LogP contribution in [0.3, 0.4) is 0 Å². The quantitative estimate of drug-likeness (QED) is 0.621. The Morgan fingerprint density at radius 2 is 2.07 bits per heavy atom. The topological polar surface area (TPSA) is 95.4 Å². The van der Waals surface area contributed by atoms with Crippen molar-refractivity contribution in [2.24, 2.45) is 5.73 Å². The number of amides is 1. The van der Waals surface area contributed by atoms with Crippen LogP contribution in [0.15, 0.2) is 59.4 Å². The molecule has 1 aliphatic rings. The highest BCUT2D eigenvalue weighted by Gasteiger charge is 2.28. The third-order valence-electron chi connectivity index (χ3n) is 4.53. The molecule has 0 saturated carbocycles. The van der Waals surface area contributed by atoms with Crippen LogP contribution >= 0.6 is 23.7 Å². The number of thiophene rings is 1. The second-order valence-corrected chi connectivity index (χ2v) is 7.58. The summed E-state index contributed by atoms with van der Waals surface area (Å²) in [5.74, 6) is 0. The maximum absolute atomic E-state index is 12.7. The summed E-state index contributed by atoms with van der Waals surface area (Å²) in [5.41, 5.74) is 7.06. The molecule has 1 amide bonds. The van der Waals surface area contributed by atoms with Gasteiger partial charge < -0.3 is 10.5 Å². The van der Waals surface area contributed by atoms with Crippen molar-refractivity contribution in [1.82, 2.24) is 14.3 Å². The molecule has 0 bridgehead atoms. The number of rotatable bonds is 6. The van der Waals surface area contributed by atoms with Crippen molar-refractivity contribution < 1.29 is 13.9 Å². The van der Waals surface area contributed by atoms with Gasteiger partial charge >= 0.3 is 11.8 Å². The lowest BCUT2D eigenvalue weighted by Gasteiger charge is -2.27. The fourth-order valence-corrected chi connectivity index (χ4v) is 4.03. The number of carbonyl (C=O) groups excluding carboxylic acids is 1.